The summed E-state index contributed by atoms with van der Waals surface area (Å²) in [5, 5.41) is 5.40. The second-order valence-electron chi connectivity index (χ2n) is 4.34. The number of hydrogen-bond donors (Lipinski definition) is 0. The van der Waals surface area contributed by atoms with Crippen molar-refractivity contribution >= 4 is 15.9 Å². The van der Waals surface area contributed by atoms with Gasteiger partial charge in [-0.05, 0) is 32.6 Å². The van der Waals surface area contributed by atoms with E-state index >= 15 is 0 Å². The highest BCUT2D eigenvalue weighted by Crippen LogP contribution is 2.22. The van der Waals surface area contributed by atoms with Gasteiger partial charge >= 0.3 is 0 Å². The van der Waals surface area contributed by atoms with E-state index in [2.05, 4.69) is 28.0 Å². The lowest BCUT2D eigenvalue weighted by Crippen LogP contribution is -2.05. The van der Waals surface area contributed by atoms with Crippen molar-refractivity contribution in [3.05, 3.63) is 11.4 Å². The van der Waals surface area contributed by atoms with Gasteiger partial charge < -0.3 is 4.74 Å². The molecule has 0 saturated carbocycles. The maximum absolute atomic E-state index is 5.81. The van der Waals surface area contributed by atoms with Crippen LogP contribution in [0.1, 0.15) is 31.2 Å². The molecule has 0 aliphatic rings. The quantitative estimate of drug-likeness (QED) is 0.752. The van der Waals surface area contributed by atoms with Crippen molar-refractivity contribution in [2.45, 2.75) is 33.6 Å². The maximum atomic E-state index is 5.81. The van der Waals surface area contributed by atoms with Gasteiger partial charge in [0.2, 0.25) is 0 Å². The van der Waals surface area contributed by atoms with E-state index in [9.17, 15) is 0 Å². The van der Waals surface area contributed by atoms with Gasteiger partial charge in [-0.2, -0.15) is 5.10 Å². The van der Waals surface area contributed by atoms with E-state index in [1.54, 1.807) is 0 Å². The molecule has 92 valence electrons. The van der Waals surface area contributed by atoms with E-state index in [1.165, 1.54) is 6.42 Å². The second-order valence-corrected chi connectivity index (χ2v) is 5.14. The third kappa shape index (κ3) is 3.51. The normalized spacial score (nSPS) is 12.8. The molecular weight excluding hydrogens is 268 g/mol. The Kier molecular flexibility index (Phi) is 5.32. The fraction of sp³-hybridized carbons (Fsp3) is 0.750. The molecule has 16 heavy (non-hydrogen) atoms. The van der Waals surface area contributed by atoms with Crippen LogP contribution in [0.4, 0.5) is 0 Å². The molecule has 0 aromatic carbocycles. The van der Waals surface area contributed by atoms with Crippen LogP contribution in [0.3, 0.4) is 0 Å². The van der Waals surface area contributed by atoms with Gasteiger partial charge in [0.15, 0.2) is 5.75 Å². The Morgan fingerprint density at radius 3 is 2.56 bits per heavy atom. The van der Waals surface area contributed by atoms with Gasteiger partial charge in [0.05, 0.1) is 12.3 Å². The maximum Gasteiger partial charge on any atom is 0.162 e. The lowest BCUT2D eigenvalue weighted by molar-refractivity contribution is 0.279. The molecule has 0 aliphatic carbocycles. The van der Waals surface area contributed by atoms with E-state index in [-0.39, 0.29) is 0 Å². The van der Waals surface area contributed by atoms with Gasteiger partial charge in [-0.25, -0.2) is 0 Å². The SMILES string of the molecule is Cc1nn(C)c(C)c1OCCC(C)CCBr. The highest BCUT2D eigenvalue weighted by molar-refractivity contribution is 9.09. The largest absolute Gasteiger partial charge is 0.490 e. The van der Waals surface area contributed by atoms with Crippen LogP contribution in [-0.2, 0) is 7.05 Å². The van der Waals surface area contributed by atoms with Gasteiger partial charge in [0.1, 0.15) is 5.69 Å². The Morgan fingerprint density at radius 2 is 2.06 bits per heavy atom. The number of alkyl halides is 1. The first-order valence-corrected chi connectivity index (χ1v) is 6.87. The highest BCUT2D eigenvalue weighted by atomic mass is 79.9. The van der Waals surface area contributed by atoms with Crippen LogP contribution in [0.2, 0.25) is 0 Å². The van der Waals surface area contributed by atoms with E-state index in [4.69, 9.17) is 4.74 Å². The molecule has 4 heteroatoms. The zero-order chi connectivity index (χ0) is 12.1. The Labute approximate surface area is 106 Å². The first kappa shape index (κ1) is 13.6. The number of ether oxygens (including phenoxy) is 1. The average molecular weight is 289 g/mol. The molecule has 1 unspecified atom stereocenters. The molecule has 0 fully saturated rings. The third-order valence-electron chi connectivity index (χ3n) is 2.90. The first-order chi connectivity index (χ1) is 7.56. The van der Waals surface area contributed by atoms with Crippen molar-refractivity contribution in [2.24, 2.45) is 13.0 Å². The molecule has 0 saturated heterocycles. The molecule has 1 rings (SSSR count). The fourth-order valence-electron chi connectivity index (χ4n) is 1.66. The summed E-state index contributed by atoms with van der Waals surface area (Å²) in [4.78, 5) is 0. The van der Waals surface area contributed by atoms with Gasteiger partial charge in [0.25, 0.3) is 0 Å². The van der Waals surface area contributed by atoms with E-state index in [1.807, 2.05) is 25.6 Å². The molecule has 1 aromatic heterocycles. The minimum Gasteiger partial charge on any atom is -0.490 e. The lowest BCUT2D eigenvalue weighted by atomic mass is 10.1. The van der Waals surface area contributed by atoms with Crippen molar-refractivity contribution in [2.75, 3.05) is 11.9 Å². The minimum atomic E-state index is 0.705. The minimum absolute atomic E-state index is 0.705. The topological polar surface area (TPSA) is 27.1 Å². The molecule has 1 heterocycles. The second kappa shape index (κ2) is 6.28. The lowest BCUT2D eigenvalue weighted by Gasteiger charge is -2.11. The molecule has 1 atom stereocenters. The molecule has 1 aromatic rings. The van der Waals surface area contributed by atoms with Crippen LogP contribution in [-0.4, -0.2) is 21.7 Å². The molecule has 0 bridgehead atoms. The molecule has 0 radical (unpaired) electrons. The van der Waals surface area contributed by atoms with Crippen LogP contribution >= 0.6 is 15.9 Å². The van der Waals surface area contributed by atoms with Crippen molar-refractivity contribution in [3.63, 3.8) is 0 Å². The third-order valence-corrected chi connectivity index (χ3v) is 3.36. The molecule has 0 spiro atoms. The number of nitrogens with zero attached hydrogens (tertiary/aromatic N) is 2. The Balaban J connectivity index is 2.43. The number of aromatic nitrogens is 2. The van der Waals surface area contributed by atoms with Gasteiger partial charge in [-0.3, -0.25) is 4.68 Å². The van der Waals surface area contributed by atoms with Crippen LogP contribution in [0.5, 0.6) is 5.75 Å². The van der Waals surface area contributed by atoms with Crippen molar-refractivity contribution < 1.29 is 4.74 Å². The predicted octanol–water partition coefficient (Wildman–Crippen LogP) is 3.23. The van der Waals surface area contributed by atoms with E-state index in [0.29, 0.717) is 5.92 Å². The summed E-state index contributed by atoms with van der Waals surface area (Å²) in [5.74, 6) is 1.66. The monoisotopic (exact) mass is 288 g/mol. The number of halogens is 1. The summed E-state index contributed by atoms with van der Waals surface area (Å²) < 4.78 is 7.67. The summed E-state index contributed by atoms with van der Waals surface area (Å²) in [6, 6.07) is 0. The Morgan fingerprint density at radius 1 is 1.38 bits per heavy atom. The number of rotatable bonds is 6. The summed E-state index contributed by atoms with van der Waals surface area (Å²) in [6.07, 6.45) is 2.30. The number of aryl methyl sites for hydroxylation is 2. The van der Waals surface area contributed by atoms with Crippen molar-refractivity contribution in [1.82, 2.24) is 9.78 Å². The van der Waals surface area contributed by atoms with Gasteiger partial charge in [0, 0.05) is 12.4 Å². The number of hydrogen-bond acceptors (Lipinski definition) is 2. The van der Waals surface area contributed by atoms with Gasteiger partial charge in [-0.1, -0.05) is 22.9 Å². The summed E-state index contributed by atoms with van der Waals surface area (Å²) >= 11 is 3.46. The van der Waals surface area contributed by atoms with Crippen LogP contribution in [0, 0.1) is 19.8 Å². The Hall–Kier alpha value is -0.510. The highest BCUT2D eigenvalue weighted by Gasteiger charge is 2.10. The zero-order valence-corrected chi connectivity index (χ0v) is 12.2. The fourth-order valence-corrected chi connectivity index (χ4v) is 2.44. The zero-order valence-electron chi connectivity index (χ0n) is 10.6. The van der Waals surface area contributed by atoms with Crippen molar-refractivity contribution in [3.8, 4) is 5.75 Å². The molecule has 0 aliphatic heterocycles. The van der Waals surface area contributed by atoms with Gasteiger partial charge in [-0.15, -0.1) is 0 Å². The van der Waals surface area contributed by atoms with E-state index in [0.717, 1.165) is 35.5 Å². The summed E-state index contributed by atoms with van der Waals surface area (Å²) in [7, 11) is 1.95. The predicted molar refractivity (Wildman–Crippen MR) is 70.4 cm³/mol. The summed E-state index contributed by atoms with van der Waals surface area (Å²) in [5.41, 5.74) is 2.08. The molecule has 3 nitrogen and oxygen atoms in total. The molecule has 0 amide bonds. The Bertz CT molecular complexity index is 336. The van der Waals surface area contributed by atoms with Crippen LogP contribution in [0.25, 0.3) is 0 Å². The molecular formula is C12H21BrN2O. The van der Waals surface area contributed by atoms with E-state index < -0.39 is 0 Å². The standard InChI is InChI=1S/C12H21BrN2O/c1-9(5-7-13)6-8-16-12-10(2)14-15(4)11(12)3/h9H,5-8H2,1-4H3. The summed E-state index contributed by atoms with van der Waals surface area (Å²) in [6.45, 7) is 7.07. The first-order valence-electron chi connectivity index (χ1n) is 5.75. The van der Waals surface area contributed by atoms with Crippen LogP contribution in [0.15, 0.2) is 0 Å². The molecule has 0 N–H and O–H groups in total. The smallest absolute Gasteiger partial charge is 0.162 e. The van der Waals surface area contributed by atoms with Crippen LogP contribution < -0.4 is 4.74 Å². The average Bonchev–Trinajstić information content (AvgIpc) is 2.45. The van der Waals surface area contributed by atoms with Crippen molar-refractivity contribution in [1.29, 1.82) is 0 Å².